The van der Waals surface area contributed by atoms with Crippen molar-refractivity contribution < 1.29 is 9.13 Å². The van der Waals surface area contributed by atoms with Gasteiger partial charge in [-0.15, -0.1) is 18.2 Å². The van der Waals surface area contributed by atoms with Gasteiger partial charge < -0.3 is 4.74 Å². The molecule has 0 aromatic heterocycles. The second kappa shape index (κ2) is 11.4. The molecule has 0 atom stereocenters. The minimum Gasteiger partial charge on any atom is -0.489 e. The summed E-state index contributed by atoms with van der Waals surface area (Å²) in [5.41, 5.74) is 3.90. The maximum atomic E-state index is 14.1. The minimum atomic E-state index is -0.559. The van der Waals surface area contributed by atoms with E-state index in [1.807, 2.05) is 43.5 Å². The van der Waals surface area contributed by atoms with E-state index in [-0.39, 0.29) is 10.6 Å². The average Bonchev–Trinajstić information content (AvgIpc) is 2.77. The van der Waals surface area contributed by atoms with Crippen molar-refractivity contribution in [3.8, 4) is 18.1 Å². The molecule has 2 nitrogen and oxygen atoms in total. The molecule has 0 bridgehead atoms. The minimum absolute atomic E-state index is 0.0304. The first-order chi connectivity index (χ1) is 15.1. The lowest BCUT2D eigenvalue weighted by atomic mass is 9.77. The first-order valence-corrected chi connectivity index (χ1v) is 11.8. The number of hydrogen-bond acceptors (Lipinski definition) is 3. The molecule has 0 aliphatic heterocycles. The molecule has 0 aliphatic rings. The Balaban J connectivity index is 2.18. The van der Waals surface area contributed by atoms with Crippen molar-refractivity contribution >= 4 is 28.4 Å². The van der Waals surface area contributed by atoms with Gasteiger partial charge in [-0.05, 0) is 74.1 Å². The van der Waals surface area contributed by atoms with Crippen molar-refractivity contribution in [2.45, 2.75) is 40.0 Å². The molecule has 2 rings (SSSR count). The molecule has 0 saturated carbocycles. The van der Waals surface area contributed by atoms with Gasteiger partial charge in [0.15, 0.2) is 5.82 Å². The number of nitrogens with zero attached hydrogens (tertiary/aromatic N) is 1. The molecule has 5 heteroatoms. The van der Waals surface area contributed by atoms with Crippen LogP contribution in [0.5, 0.6) is 5.75 Å². The second-order valence-corrected chi connectivity index (χ2v) is 9.50. The Morgan fingerprint density at radius 1 is 1.19 bits per heavy atom. The van der Waals surface area contributed by atoms with E-state index in [9.17, 15) is 4.39 Å². The van der Waals surface area contributed by atoms with Crippen LogP contribution in [0.25, 0.3) is 0 Å². The Bertz CT molecular complexity index is 1090. The van der Waals surface area contributed by atoms with Gasteiger partial charge in [0, 0.05) is 11.6 Å². The molecular weight excluding hydrogens is 441 g/mol. The first kappa shape index (κ1) is 25.8. The van der Waals surface area contributed by atoms with Crippen molar-refractivity contribution in [3.63, 3.8) is 0 Å². The van der Waals surface area contributed by atoms with E-state index in [1.165, 1.54) is 5.57 Å². The average molecular weight is 470 g/mol. The quantitative estimate of drug-likeness (QED) is 0.178. The van der Waals surface area contributed by atoms with E-state index in [1.54, 1.807) is 30.1 Å². The molecule has 168 valence electrons. The number of rotatable bonds is 7. The van der Waals surface area contributed by atoms with Crippen LogP contribution >= 0.6 is 23.4 Å². The summed E-state index contributed by atoms with van der Waals surface area (Å²) in [5, 5.41) is 1.04. The van der Waals surface area contributed by atoms with Crippen molar-refractivity contribution in [1.82, 2.24) is 0 Å². The van der Waals surface area contributed by atoms with Crippen molar-refractivity contribution in [2.75, 3.05) is 12.9 Å². The fourth-order valence-electron chi connectivity index (χ4n) is 2.99. The largest absolute Gasteiger partial charge is 0.489 e. The molecule has 0 spiro atoms. The van der Waals surface area contributed by atoms with Gasteiger partial charge in [0.05, 0.1) is 15.6 Å². The summed E-state index contributed by atoms with van der Waals surface area (Å²) in [6.07, 6.45) is 11.2. The molecule has 0 radical (unpaired) electrons. The first-order valence-electron chi connectivity index (χ1n) is 10.2. The Labute approximate surface area is 200 Å². The van der Waals surface area contributed by atoms with E-state index in [2.05, 4.69) is 38.6 Å². The third-order valence-electron chi connectivity index (χ3n) is 5.35. The third kappa shape index (κ3) is 6.51. The van der Waals surface area contributed by atoms with Crippen LogP contribution in [0.2, 0.25) is 5.02 Å². The molecule has 2 aromatic rings. The number of hydrogen-bond donors (Lipinski definition) is 0. The van der Waals surface area contributed by atoms with Crippen LogP contribution < -0.4 is 4.74 Å². The molecule has 0 unspecified atom stereocenters. The molecule has 32 heavy (non-hydrogen) atoms. The van der Waals surface area contributed by atoms with Crippen LogP contribution in [0.15, 0.2) is 64.8 Å². The Morgan fingerprint density at radius 3 is 2.41 bits per heavy atom. The number of aliphatic imine (C=N–C) groups is 1. The lowest BCUT2D eigenvalue weighted by Gasteiger charge is -2.27. The molecule has 0 N–H and O–H groups in total. The van der Waals surface area contributed by atoms with Crippen LogP contribution in [0.1, 0.15) is 51.3 Å². The smallest absolute Gasteiger partial charge is 0.157 e. The lowest BCUT2D eigenvalue weighted by Crippen LogP contribution is -2.19. The van der Waals surface area contributed by atoms with Crippen LogP contribution in [0.3, 0.4) is 0 Å². The van der Waals surface area contributed by atoms with Crippen molar-refractivity contribution in [2.24, 2.45) is 4.99 Å². The van der Waals surface area contributed by atoms with Gasteiger partial charge in [0.1, 0.15) is 12.4 Å². The Kier molecular flexibility index (Phi) is 9.19. The fraction of sp³-hybridized carbons (Fsp3) is 0.296. The Hall–Kier alpha value is -2.48. The maximum Gasteiger partial charge on any atom is 0.157 e. The number of ether oxygens (including phenoxy) is 1. The van der Waals surface area contributed by atoms with Gasteiger partial charge in [-0.2, -0.15) is 0 Å². The zero-order valence-corrected chi connectivity index (χ0v) is 21.0. The highest BCUT2D eigenvalue weighted by atomic mass is 35.5. The van der Waals surface area contributed by atoms with Gasteiger partial charge in [-0.25, -0.2) is 4.39 Å². The summed E-state index contributed by atoms with van der Waals surface area (Å²) in [7, 11) is 0. The van der Waals surface area contributed by atoms with Gasteiger partial charge in [0.25, 0.3) is 0 Å². The van der Waals surface area contributed by atoms with Gasteiger partial charge in [-0.1, -0.05) is 49.1 Å². The summed E-state index contributed by atoms with van der Waals surface area (Å²) in [5.74, 6) is 2.58. The topological polar surface area (TPSA) is 21.6 Å². The second-order valence-electron chi connectivity index (χ2n) is 8.10. The molecule has 0 amide bonds. The molecule has 0 heterocycles. The lowest BCUT2D eigenvalue weighted by molar-refractivity contribution is 0.354. The maximum absolute atomic E-state index is 14.1. The summed E-state index contributed by atoms with van der Waals surface area (Å²) >= 11 is 7.68. The molecule has 0 saturated heterocycles. The predicted octanol–water partition coefficient (Wildman–Crippen LogP) is 7.80. The summed E-state index contributed by atoms with van der Waals surface area (Å²) in [6, 6.07) is 11.2. The summed E-state index contributed by atoms with van der Waals surface area (Å²) in [6.45, 7) is 10.6. The van der Waals surface area contributed by atoms with Gasteiger partial charge in [-0.3, -0.25) is 4.99 Å². The summed E-state index contributed by atoms with van der Waals surface area (Å²) < 4.78 is 20.1. The number of allylic oxidation sites excluding steroid dienone is 1. The third-order valence-corrected chi connectivity index (χ3v) is 6.32. The molecule has 0 aliphatic carbocycles. The van der Waals surface area contributed by atoms with Crippen molar-refractivity contribution in [1.29, 1.82) is 0 Å². The van der Waals surface area contributed by atoms with Crippen LogP contribution in [0.4, 0.5) is 4.39 Å². The van der Waals surface area contributed by atoms with Crippen molar-refractivity contribution in [3.05, 3.63) is 87.4 Å². The summed E-state index contributed by atoms with van der Waals surface area (Å²) in [4.78, 5) is 4.38. The van der Waals surface area contributed by atoms with Gasteiger partial charge in [0.2, 0.25) is 0 Å². The molecule has 2 aromatic carbocycles. The number of halogens is 2. The zero-order chi connectivity index (χ0) is 23.9. The van der Waals surface area contributed by atoms with E-state index in [4.69, 9.17) is 22.8 Å². The number of terminal acetylenes is 1. The monoisotopic (exact) mass is 469 g/mol. The van der Waals surface area contributed by atoms with Crippen LogP contribution in [0, 0.1) is 18.2 Å². The van der Waals surface area contributed by atoms with E-state index < -0.39 is 11.2 Å². The SMILES string of the molecule is C#Cc1cc(C(C)(C)c2ccc(OCC(/C=C\N=C(C)SC)=C(C)C)cc2)cc(Cl)c1F. The highest BCUT2D eigenvalue weighted by Gasteiger charge is 2.25. The van der Waals surface area contributed by atoms with E-state index in [0.29, 0.717) is 6.61 Å². The highest BCUT2D eigenvalue weighted by molar-refractivity contribution is 8.13. The fourth-order valence-corrected chi connectivity index (χ4v) is 3.38. The van der Waals surface area contributed by atoms with Crippen LogP contribution in [-0.2, 0) is 5.41 Å². The number of benzene rings is 2. The zero-order valence-electron chi connectivity index (χ0n) is 19.4. The Morgan fingerprint density at radius 2 is 1.84 bits per heavy atom. The van der Waals surface area contributed by atoms with Gasteiger partial charge >= 0.3 is 0 Å². The predicted molar refractivity (Wildman–Crippen MR) is 138 cm³/mol. The molecule has 0 fully saturated rings. The number of thioether (sulfide) groups is 1. The van der Waals surface area contributed by atoms with Crippen LogP contribution in [-0.4, -0.2) is 17.9 Å². The van der Waals surface area contributed by atoms with E-state index in [0.717, 1.165) is 27.5 Å². The molecular formula is C27H29ClFNOS. The highest BCUT2D eigenvalue weighted by Crippen LogP contribution is 2.35. The standard InChI is InChI=1S/C27H29ClFNOS/c1-8-20-15-23(16-25(28)26(20)29)27(5,6)22-9-11-24(12-10-22)31-17-21(18(2)3)13-14-30-19(4)32-7/h1,9-16H,17H2,2-7H3/b14-13-,30-19?. The normalized spacial score (nSPS) is 12.0. The van der Waals surface area contributed by atoms with E-state index >= 15 is 0 Å².